The lowest BCUT2D eigenvalue weighted by atomic mass is 9.96. The van der Waals surface area contributed by atoms with Gasteiger partial charge >= 0.3 is 0 Å². The van der Waals surface area contributed by atoms with E-state index in [0.29, 0.717) is 27.7 Å². The molecular formula is C45H26N4O2. The van der Waals surface area contributed by atoms with Gasteiger partial charge in [0.2, 0.25) is 5.95 Å². The second-order valence-corrected chi connectivity index (χ2v) is 12.2. The number of hydrogen-bond acceptors (Lipinski definition) is 5. The van der Waals surface area contributed by atoms with Crippen molar-refractivity contribution in [2.24, 2.45) is 0 Å². The maximum absolute atomic E-state index is 9.09. The standard InChI is InChI=1S/C45H26N4O2/c1-2-13-27(14-3-1)43-46-44(48-45(47-43)49-35-22-7-4-15-28(35)29-16-5-8-23-36(29)49)34-21-12-26-39-41(34)40-31(18-11-25-38(40)50-39)33-20-10-19-32-30-17-6-9-24-37(30)51-42(32)33/h1-26H/i4D,5D,7D,8D,15D,16D,22D,23D. The SMILES string of the molecule is [2H]c1c([2H])c([2H])c2c(c1[2H])c1c([2H])c([2H])c([2H])c([2H])c1n2-c1nc(-c2ccccc2)nc(-c2cccc3oc4cccc(-c5cccc6c5oc5ccccc56)c4c23)n1. The van der Waals surface area contributed by atoms with Crippen LogP contribution in [0.4, 0.5) is 0 Å². The van der Waals surface area contributed by atoms with Gasteiger partial charge in [-0.3, -0.25) is 4.57 Å². The van der Waals surface area contributed by atoms with E-state index in [1.165, 1.54) is 4.57 Å². The van der Waals surface area contributed by atoms with Crippen LogP contribution >= 0.6 is 0 Å². The fourth-order valence-electron chi connectivity index (χ4n) is 7.16. The molecule has 0 N–H and O–H groups in total. The van der Waals surface area contributed by atoms with Crippen molar-refractivity contribution in [1.82, 2.24) is 19.5 Å². The molecule has 0 spiro atoms. The van der Waals surface area contributed by atoms with Gasteiger partial charge in [0.05, 0.1) is 22.0 Å². The van der Waals surface area contributed by atoms with Crippen LogP contribution in [-0.2, 0) is 0 Å². The Hall–Kier alpha value is -7.05. The third-order valence-electron chi connectivity index (χ3n) is 9.35. The molecular weight excluding hydrogens is 629 g/mol. The van der Waals surface area contributed by atoms with Crippen LogP contribution in [0, 0.1) is 0 Å². The normalized spacial score (nSPS) is 14.1. The van der Waals surface area contributed by atoms with E-state index in [1.807, 2.05) is 109 Å². The van der Waals surface area contributed by atoms with Crippen molar-refractivity contribution in [2.75, 3.05) is 0 Å². The van der Waals surface area contributed by atoms with Crippen molar-refractivity contribution in [3.05, 3.63) is 158 Å². The largest absolute Gasteiger partial charge is 0.456 e. The van der Waals surface area contributed by atoms with Crippen LogP contribution in [0.1, 0.15) is 11.0 Å². The first-order valence-electron chi connectivity index (χ1n) is 20.3. The predicted molar refractivity (Wildman–Crippen MR) is 205 cm³/mol. The number of para-hydroxylation sites is 4. The fraction of sp³-hybridized carbons (Fsp3) is 0. The first kappa shape index (κ1) is 21.1. The number of rotatable bonds is 4. The molecule has 4 aromatic heterocycles. The minimum Gasteiger partial charge on any atom is -0.456 e. The zero-order valence-corrected chi connectivity index (χ0v) is 26.5. The third-order valence-corrected chi connectivity index (χ3v) is 9.35. The molecule has 6 nitrogen and oxygen atoms in total. The molecule has 0 aliphatic heterocycles. The Labute approximate surface area is 302 Å². The Morgan fingerprint density at radius 3 is 1.82 bits per heavy atom. The number of benzene rings is 7. The first-order chi connectivity index (χ1) is 28.6. The molecule has 4 heterocycles. The molecule has 0 amide bonds. The molecule has 51 heavy (non-hydrogen) atoms. The van der Waals surface area contributed by atoms with Gasteiger partial charge in [0, 0.05) is 49.0 Å². The molecule has 0 fully saturated rings. The monoisotopic (exact) mass is 662 g/mol. The Kier molecular flexibility index (Phi) is 4.44. The van der Waals surface area contributed by atoms with E-state index < -0.39 is 48.3 Å². The molecule has 0 aliphatic carbocycles. The van der Waals surface area contributed by atoms with Crippen molar-refractivity contribution in [3.63, 3.8) is 0 Å². The summed E-state index contributed by atoms with van der Waals surface area (Å²) in [6.07, 6.45) is 0. The summed E-state index contributed by atoms with van der Waals surface area (Å²) in [4.78, 5) is 14.9. The molecule has 0 atom stereocenters. The van der Waals surface area contributed by atoms with Gasteiger partial charge in [0.25, 0.3) is 0 Å². The van der Waals surface area contributed by atoms with Crippen LogP contribution in [0.25, 0.3) is 106 Å². The van der Waals surface area contributed by atoms with Gasteiger partial charge in [-0.05, 0) is 35.8 Å². The minimum absolute atomic E-state index is 0.0754. The highest BCUT2D eigenvalue weighted by Crippen LogP contribution is 2.44. The summed E-state index contributed by atoms with van der Waals surface area (Å²) in [5, 5.41) is 3.31. The maximum Gasteiger partial charge on any atom is 0.238 e. The Balaban J connectivity index is 1.26. The van der Waals surface area contributed by atoms with Crippen LogP contribution in [0.2, 0.25) is 0 Å². The van der Waals surface area contributed by atoms with Crippen LogP contribution in [0.15, 0.2) is 166 Å². The topological polar surface area (TPSA) is 69.9 Å². The van der Waals surface area contributed by atoms with Crippen LogP contribution < -0.4 is 0 Å². The molecule has 0 unspecified atom stereocenters. The van der Waals surface area contributed by atoms with Crippen LogP contribution in [0.5, 0.6) is 0 Å². The summed E-state index contributed by atoms with van der Waals surface area (Å²) in [5.74, 6) is 0.302. The number of nitrogens with zero attached hydrogens (tertiary/aromatic N) is 4. The Bertz CT molecular complexity index is 3540. The van der Waals surface area contributed by atoms with Crippen LogP contribution in [-0.4, -0.2) is 19.5 Å². The zero-order chi connectivity index (χ0) is 40.4. The smallest absolute Gasteiger partial charge is 0.238 e. The third kappa shape index (κ3) is 4.14. The minimum atomic E-state index is -0.541. The second kappa shape index (κ2) is 10.7. The summed E-state index contributed by atoms with van der Waals surface area (Å²) in [5.41, 5.74) is 5.37. The van der Waals surface area contributed by atoms with Gasteiger partial charge in [-0.1, -0.05) is 127 Å². The van der Waals surface area contributed by atoms with E-state index in [-0.39, 0.29) is 39.4 Å². The lowest BCUT2D eigenvalue weighted by Crippen LogP contribution is -2.06. The lowest BCUT2D eigenvalue weighted by Gasteiger charge is -2.12. The quantitative estimate of drug-likeness (QED) is 0.188. The average Bonchev–Trinajstić information content (AvgIpc) is 3.97. The Morgan fingerprint density at radius 1 is 0.451 bits per heavy atom. The maximum atomic E-state index is 9.09. The first-order valence-corrected chi connectivity index (χ1v) is 16.3. The van der Waals surface area contributed by atoms with E-state index in [4.69, 9.17) is 34.8 Å². The number of furan rings is 2. The second-order valence-electron chi connectivity index (χ2n) is 12.2. The average molecular weight is 663 g/mol. The molecule has 0 saturated heterocycles. The van der Waals surface area contributed by atoms with Crippen molar-refractivity contribution in [2.45, 2.75) is 0 Å². The van der Waals surface area contributed by atoms with Crippen molar-refractivity contribution in [3.8, 4) is 39.9 Å². The van der Waals surface area contributed by atoms with Gasteiger partial charge in [0.1, 0.15) is 22.3 Å². The van der Waals surface area contributed by atoms with Gasteiger partial charge in [0.15, 0.2) is 11.6 Å². The highest BCUT2D eigenvalue weighted by molar-refractivity contribution is 6.20. The van der Waals surface area contributed by atoms with E-state index in [2.05, 4.69) is 0 Å². The summed E-state index contributed by atoms with van der Waals surface area (Å²) < 4.78 is 84.6. The molecule has 0 bridgehead atoms. The number of aromatic nitrogens is 4. The van der Waals surface area contributed by atoms with Crippen LogP contribution in [0.3, 0.4) is 0 Å². The van der Waals surface area contributed by atoms with Gasteiger partial charge < -0.3 is 8.83 Å². The molecule has 7 aromatic carbocycles. The van der Waals surface area contributed by atoms with Gasteiger partial charge in [-0.2, -0.15) is 9.97 Å². The Morgan fingerprint density at radius 2 is 1.04 bits per heavy atom. The fourth-order valence-corrected chi connectivity index (χ4v) is 7.16. The molecule has 0 radical (unpaired) electrons. The van der Waals surface area contributed by atoms with E-state index in [1.54, 1.807) is 0 Å². The van der Waals surface area contributed by atoms with E-state index in [0.717, 1.165) is 38.5 Å². The zero-order valence-electron chi connectivity index (χ0n) is 34.5. The molecule has 0 aliphatic rings. The molecule has 0 saturated carbocycles. The summed E-state index contributed by atoms with van der Waals surface area (Å²) in [6.45, 7) is 0. The lowest BCUT2D eigenvalue weighted by molar-refractivity contribution is 0.668. The summed E-state index contributed by atoms with van der Waals surface area (Å²) in [6, 6.07) is 30.6. The van der Waals surface area contributed by atoms with Crippen molar-refractivity contribution >= 4 is 65.7 Å². The van der Waals surface area contributed by atoms with E-state index in [9.17, 15) is 0 Å². The van der Waals surface area contributed by atoms with Crippen molar-refractivity contribution < 1.29 is 19.8 Å². The van der Waals surface area contributed by atoms with Gasteiger partial charge in [-0.15, -0.1) is 0 Å². The molecule has 238 valence electrons. The summed E-state index contributed by atoms with van der Waals surface area (Å²) in [7, 11) is 0. The molecule has 6 heteroatoms. The number of fused-ring (bicyclic) bond motifs is 9. The number of hydrogen-bond donors (Lipinski definition) is 0. The van der Waals surface area contributed by atoms with E-state index >= 15 is 0 Å². The highest BCUT2D eigenvalue weighted by atomic mass is 16.3. The predicted octanol–water partition coefficient (Wildman–Crippen LogP) is 11.8. The highest BCUT2D eigenvalue weighted by Gasteiger charge is 2.23. The molecule has 11 rings (SSSR count). The summed E-state index contributed by atoms with van der Waals surface area (Å²) >= 11 is 0. The van der Waals surface area contributed by atoms with Crippen molar-refractivity contribution in [1.29, 1.82) is 0 Å². The molecule has 11 aromatic rings. The van der Waals surface area contributed by atoms with Gasteiger partial charge in [-0.25, -0.2) is 4.98 Å².